The summed E-state index contributed by atoms with van der Waals surface area (Å²) in [5.74, 6) is 2.12. The zero-order valence-corrected chi connectivity index (χ0v) is 12.7. The van der Waals surface area contributed by atoms with E-state index < -0.39 is 0 Å². The summed E-state index contributed by atoms with van der Waals surface area (Å²) in [4.78, 5) is 23.7. The number of H-pyrrole nitrogens is 1. The summed E-state index contributed by atoms with van der Waals surface area (Å²) in [7, 11) is 0. The van der Waals surface area contributed by atoms with Gasteiger partial charge in [-0.15, -0.1) is 0 Å². The smallest absolute Gasteiger partial charge is 0.227 e. The molecule has 0 saturated carbocycles. The first-order valence-electron chi connectivity index (χ1n) is 7.23. The molecule has 22 heavy (non-hydrogen) atoms. The Hall–Kier alpha value is -2.64. The van der Waals surface area contributed by atoms with Crippen molar-refractivity contribution >= 4 is 24.0 Å². The molecule has 3 heterocycles. The Kier molecular flexibility index (Phi) is 3.90. The number of piperazine rings is 1. The molecular weight excluding hydrogens is 282 g/mol. The molecule has 1 saturated heterocycles. The van der Waals surface area contributed by atoms with Gasteiger partial charge in [0.15, 0.2) is 5.82 Å². The van der Waals surface area contributed by atoms with E-state index in [-0.39, 0.29) is 0 Å². The maximum Gasteiger partial charge on any atom is 0.227 e. The molecular formula is C14H19N7O. The molecule has 0 bridgehead atoms. The van der Waals surface area contributed by atoms with Crippen LogP contribution in [0.5, 0.6) is 0 Å². The lowest BCUT2D eigenvalue weighted by Gasteiger charge is -2.32. The molecule has 3 rings (SSSR count). The van der Waals surface area contributed by atoms with Crippen LogP contribution in [0.1, 0.15) is 11.4 Å². The monoisotopic (exact) mass is 301 g/mol. The number of nitrogens with one attached hydrogen (secondary N) is 2. The lowest BCUT2D eigenvalue weighted by Crippen LogP contribution is -2.46. The van der Waals surface area contributed by atoms with E-state index in [0.29, 0.717) is 24.9 Å². The Bertz CT molecular complexity index is 661. The van der Waals surface area contributed by atoms with E-state index in [4.69, 9.17) is 0 Å². The number of aryl methyl sites for hydroxylation is 2. The van der Waals surface area contributed by atoms with Crippen molar-refractivity contribution in [3.05, 3.63) is 23.5 Å². The highest BCUT2D eigenvalue weighted by atomic mass is 16.1. The van der Waals surface area contributed by atoms with Crippen LogP contribution in [0.4, 0.5) is 17.6 Å². The largest absolute Gasteiger partial charge is 0.342 e. The summed E-state index contributed by atoms with van der Waals surface area (Å²) in [5.41, 5.74) is 1.87. The number of hydrogen-bond donors (Lipinski definition) is 2. The first-order valence-corrected chi connectivity index (χ1v) is 7.23. The highest BCUT2D eigenvalue weighted by molar-refractivity contribution is 5.54. The van der Waals surface area contributed by atoms with Crippen molar-refractivity contribution < 1.29 is 4.79 Å². The minimum atomic E-state index is 0.681. The fourth-order valence-corrected chi connectivity index (χ4v) is 2.40. The number of hydrogen-bond acceptors (Lipinski definition) is 6. The van der Waals surface area contributed by atoms with Gasteiger partial charge in [-0.2, -0.15) is 10.1 Å². The molecule has 8 nitrogen and oxygen atoms in total. The van der Waals surface area contributed by atoms with Crippen molar-refractivity contribution in [3.8, 4) is 0 Å². The summed E-state index contributed by atoms with van der Waals surface area (Å²) in [6, 6.07) is 3.80. The van der Waals surface area contributed by atoms with Crippen molar-refractivity contribution in [2.75, 3.05) is 36.4 Å². The highest BCUT2D eigenvalue weighted by Gasteiger charge is 2.18. The Morgan fingerprint density at radius 3 is 2.55 bits per heavy atom. The quantitative estimate of drug-likeness (QED) is 0.813. The number of anilines is 3. The predicted molar refractivity (Wildman–Crippen MR) is 83.2 cm³/mol. The first kappa shape index (κ1) is 14.3. The molecule has 0 spiro atoms. The van der Waals surface area contributed by atoms with Crippen LogP contribution in [0.3, 0.4) is 0 Å². The third kappa shape index (κ3) is 3.16. The molecule has 0 aromatic carbocycles. The molecule has 0 radical (unpaired) electrons. The van der Waals surface area contributed by atoms with Crippen molar-refractivity contribution in [1.82, 2.24) is 25.1 Å². The molecule has 8 heteroatoms. The summed E-state index contributed by atoms with van der Waals surface area (Å²) in [6.07, 6.45) is 0.890. The number of rotatable bonds is 4. The maximum absolute atomic E-state index is 10.8. The average Bonchev–Trinajstić information content (AvgIpc) is 2.92. The Morgan fingerprint density at radius 2 is 1.91 bits per heavy atom. The topological polar surface area (TPSA) is 90.0 Å². The summed E-state index contributed by atoms with van der Waals surface area (Å²) < 4.78 is 0. The molecule has 2 aromatic rings. The second-order valence-electron chi connectivity index (χ2n) is 5.38. The predicted octanol–water partition coefficient (Wildman–Crippen LogP) is 0.839. The number of aromatic amines is 1. The van der Waals surface area contributed by atoms with Gasteiger partial charge in [0.2, 0.25) is 12.4 Å². The number of nitrogens with zero attached hydrogens (tertiary/aromatic N) is 5. The van der Waals surface area contributed by atoms with Crippen molar-refractivity contribution in [2.24, 2.45) is 0 Å². The van der Waals surface area contributed by atoms with Gasteiger partial charge in [0.05, 0.1) is 0 Å². The van der Waals surface area contributed by atoms with Gasteiger partial charge in [0, 0.05) is 49.7 Å². The van der Waals surface area contributed by atoms with E-state index >= 15 is 0 Å². The molecule has 1 fully saturated rings. The van der Waals surface area contributed by atoms with Crippen molar-refractivity contribution in [3.63, 3.8) is 0 Å². The molecule has 0 aliphatic carbocycles. The second kappa shape index (κ2) is 6.00. The van der Waals surface area contributed by atoms with Crippen LogP contribution in [0, 0.1) is 13.8 Å². The van der Waals surface area contributed by atoms with Gasteiger partial charge in [-0.3, -0.25) is 9.89 Å². The number of aromatic nitrogens is 4. The molecule has 0 unspecified atom stereocenters. The maximum atomic E-state index is 10.8. The first-order chi connectivity index (χ1) is 10.6. The van der Waals surface area contributed by atoms with E-state index in [9.17, 15) is 4.79 Å². The fourth-order valence-electron chi connectivity index (χ4n) is 2.40. The zero-order chi connectivity index (χ0) is 15.5. The van der Waals surface area contributed by atoms with Crippen molar-refractivity contribution in [2.45, 2.75) is 13.8 Å². The lowest BCUT2D eigenvalue weighted by molar-refractivity contribution is -0.118. The van der Waals surface area contributed by atoms with Crippen molar-refractivity contribution in [1.29, 1.82) is 0 Å². The number of carbonyl (C=O) groups is 1. The summed E-state index contributed by atoms with van der Waals surface area (Å²) in [6.45, 7) is 6.76. The molecule has 1 aliphatic rings. The van der Waals surface area contributed by atoms with E-state index in [2.05, 4.69) is 30.4 Å². The molecule has 2 N–H and O–H groups in total. The van der Waals surface area contributed by atoms with Crippen LogP contribution in [0.15, 0.2) is 12.1 Å². The van der Waals surface area contributed by atoms with Crippen LogP contribution >= 0.6 is 0 Å². The van der Waals surface area contributed by atoms with Crippen LogP contribution in [0.25, 0.3) is 0 Å². The second-order valence-corrected chi connectivity index (χ2v) is 5.38. The van der Waals surface area contributed by atoms with Crippen LogP contribution < -0.4 is 10.2 Å². The zero-order valence-electron chi connectivity index (χ0n) is 12.7. The van der Waals surface area contributed by atoms with Gasteiger partial charge in [-0.05, 0) is 13.8 Å². The van der Waals surface area contributed by atoms with Gasteiger partial charge in [0.1, 0.15) is 5.82 Å². The third-order valence-electron chi connectivity index (χ3n) is 3.55. The number of carbonyl (C=O) groups excluding carboxylic acids is 1. The van der Waals surface area contributed by atoms with E-state index in [1.807, 2.05) is 26.0 Å². The fraction of sp³-hybridized carbons (Fsp3) is 0.429. The van der Waals surface area contributed by atoms with Gasteiger partial charge in [-0.1, -0.05) is 0 Å². The van der Waals surface area contributed by atoms with Crippen LogP contribution in [-0.4, -0.2) is 57.7 Å². The van der Waals surface area contributed by atoms with Gasteiger partial charge in [-0.25, -0.2) is 4.98 Å². The minimum Gasteiger partial charge on any atom is -0.342 e. The van der Waals surface area contributed by atoms with E-state index in [0.717, 1.165) is 36.7 Å². The normalized spacial score (nSPS) is 15.0. The average molecular weight is 301 g/mol. The van der Waals surface area contributed by atoms with E-state index in [1.165, 1.54) is 0 Å². The Balaban J connectivity index is 1.76. The molecule has 0 atom stereocenters. The van der Waals surface area contributed by atoms with Gasteiger partial charge >= 0.3 is 0 Å². The summed E-state index contributed by atoms with van der Waals surface area (Å²) in [5, 5.41) is 10.2. The Morgan fingerprint density at radius 1 is 1.14 bits per heavy atom. The standard InChI is InChI=1S/C14H19N7O/c1-10-7-12(16-13-8-11(2)18-19-13)17-14(15-10)21-5-3-20(9-22)4-6-21/h7-9H,3-6H2,1-2H3,(H2,15,16,17,18,19). The molecule has 2 aromatic heterocycles. The highest BCUT2D eigenvalue weighted by Crippen LogP contribution is 2.18. The van der Waals surface area contributed by atoms with E-state index in [1.54, 1.807) is 4.90 Å². The van der Waals surface area contributed by atoms with Gasteiger partial charge in [0.25, 0.3) is 0 Å². The molecule has 1 aliphatic heterocycles. The summed E-state index contributed by atoms with van der Waals surface area (Å²) >= 11 is 0. The number of amides is 1. The minimum absolute atomic E-state index is 0.681. The lowest BCUT2D eigenvalue weighted by atomic mass is 10.3. The van der Waals surface area contributed by atoms with Gasteiger partial charge < -0.3 is 15.1 Å². The van der Waals surface area contributed by atoms with Crippen LogP contribution in [-0.2, 0) is 4.79 Å². The van der Waals surface area contributed by atoms with Crippen LogP contribution in [0.2, 0.25) is 0 Å². The molecule has 116 valence electrons. The molecule has 1 amide bonds. The third-order valence-corrected chi connectivity index (χ3v) is 3.55. The Labute approximate surface area is 128 Å². The SMILES string of the molecule is Cc1cc(Nc2cc(C)[nH]n2)nc(N2CCN(C=O)CC2)n1.